The van der Waals surface area contributed by atoms with Crippen molar-refractivity contribution in [1.29, 1.82) is 0 Å². The quantitative estimate of drug-likeness (QED) is 0.686. The Labute approximate surface area is 108 Å². The summed E-state index contributed by atoms with van der Waals surface area (Å²) in [7, 11) is 0. The molecule has 19 heavy (non-hydrogen) atoms. The molecule has 5 nitrogen and oxygen atoms in total. The van der Waals surface area contributed by atoms with E-state index in [-0.39, 0.29) is 6.42 Å². The molecule has 0 bridgehead atoms. The fourth-order valence-electron chi connectivity index (χ4n) is 1.28. The van der Waals surface area contributed by atoms with Crippen molar-refractivity contribution in [2.24, 2.45) is 11.5 Å². The minimum atomic E-state index is -1.11. The molecule has 0 aliphatic carbocycles. The molecular formula is C12H11F2N3O2. The topological polar surface area (TPSA) is 98.2 Å². The van der Waals surface area contributed by atoms with Gasteiger partial charge in [0.25, 0.3) is 5.91 Å². The number of halogens is 2. The normalized spacial score (nSPS) is 11.5. The summed E-state index contributed by atoms with van der Waals surface area (Å²) in [4.78, 5) is 22.4. The Morgan fingerprint density at radius 1 is 1.37 bits per heavy atom. The molecule has 0 spiro atoms. The van der Waals surface area contributed by atoms with Crippen LogP contribution in [0.2, 0.25) is 0 Å². The Morgan fingerprint density at radius 2 is 2.00 bits per heavy atom. The van der Waals surface area contributed by atoms with Crippen molar-refractivity contribution in [3.05, 3.63) is 29.3 Å². The van der Waals surface area contributed by atoms with Crippen LogP contribution in [0.4, 0.5) is 14.5 Å². The molecule has 0 aromatic heterocycles. The summed E-state index contributed by atoms with van der Waals surface area (Å²) in [6, 6.07) is 0.210. The maximum atomic E-state index is 13.4. The van der Waals surface area contributed by atoms with E-state index in [2.05, 4.69) is 11.2 Å². The maximum Gasteiger partial charge on any atom is 0.251 e. The average molecular weight is 267 g/mol. The molecule has 0 heterocycles. The van der Waals surface area contributed by atoms with Crippen molar-refractivity contribution < 1.29 is 18.4 Å². The number of carbonyl (C=O) groups excluding carboxylic acids is 2. The lowest BCUT2D eigenvalue weighted by Crippen LogP contribution is -2.35. The molecule has 2 amide bonds. The fourth-order valence-corrected chi connectivity index (χ4v) is 1.28. The smallest absolute Gasteiger partial charge is 0.251 e. The second kappa shape index (κ2) is 5.93. The molecule has 1 unspecified atom stereocenters. The van der Waals surface area contributed by atoms with E-state index in [1.807, 2.05) is 0 Å². The van der Waals surface area contributed by atoms with Crippen LogP contribution in [0.15, 0.2) is 12.1 Å². The molecule has 0 fully saturated rings. The molecule has 1 atom stereocenters. The molecule has 1 aromatic rings. The minimum Gasteiger partial charge on any atom is -0.366 e. The van der Waals surface area contributed by atoms with Gasteiger partial charge in [0.05, 0.1) is 17.3 Å². The Morgan fingerprint density at radius 3 is 2.53 bits per heavy atom. The van der Waals surface area contributed by atoms with E-state index in [0.717, 1.165) is 6.07 Å². The number of amides is 2. The summed E-state index contributed by atoms with van der Waals surface area (Å²) < 4.78 is 26.6. The summed E-state index contributed by atoms with van der Waals surface area (Å²) in [5.41, 5.74) is 9.38. The predicted molar refractivity (Wildman–Crippen MR) is 64.9 cm³/mol. The van der Waals surface area contributed by atoms with Gasteiger partial charge in [-0.05, 0) is 6.07 Å². The number of nitrogens with two attached hydrogens (primary N) is 2. The van der Waals surface area contributed by atoms with Crippen LogP contribution in [-0.2, 0) is 4.79 Å². The second-order valence-electron chi connectivity index (χ2n) is 3.68. The molecule has 0 saturated carbocycles. The summed E-state index contributed by atoms with van der Waals surface area (Å²) in [6.45, 7) is 0. The molecular weight excluding hydrogens is 256 g/mol. The maximum absolute atomic E-state index is 13.4. The summed E-state index contributed by atoms with van der Waals surface area (Å²) in [5, 5.41) is 2.11. The molecule has 0 radical (unpaired) electrons. The Kier molecular flexibility index (Phi) is 4.56. The number of nitrogens with one attached hydrogen (secondary N) is 1. The van der Waals surface area contributed by atoms with Crippen LogP contribution < -0.4 is 16.8 Å². The van der Waals surface area contributed by atoms with Crippen LogP contribution in [0.25, 0.3) is 0 Å². The standard InChI is InChI=1S/C12H11F2N3O2/c1-2-3-9(15)12(19)17-10-4-6(11(16)18)7(13)5-8(10)14/h1,4-5,9H,3,15H2,(H2,16,18)(H,17,19). The van der Waals surface area contributed by atoms with Gasteiger partial charge in [0.15, 0.2) is 0 Å². The number of terminal acetylenes is 1. The van der Waals surface area contributed by atoms with Crippen LogP contribution in [0, 0.1) is 24.0 Å². The van der Waals surface area contributed by atoms with Gasteiger partial charge in [-0.15, -0.1) is 12.3 Å². The lowest BCUT2D eigenvalue weighted by molar-refractivity contribution is -0.117. The highest BCUT2D eigenvalue weighted by atomic mass is 19.1. The monoisotopic (exact) mass is 267 g/mol. The van der Waals surface area contributed by atoms with E-state index in [4.69, 9.17) is 17.9 Å². The molecule has 1 aromatic carbocycles. The SMILES string of the molecule is C#CCC(N)C(=O)Nc1cc(C(N)=O)c(F)cc1F. The minimum absolute atomic E-state index is 0.0443. The van der Waals surface area contributed by atoms with Crippen molar-refractivity contribution in [1.82, 2.24) is 0 Å². The average Bonchev–Trinajstić information content (AvgIpc) is 2.32. The number of hydrogen-bond acceptors (Lipinski definition) is 3. The first-order valence-corrected chi connectivity index (χ1v) is 5.15. The lowest BCUT2D eigenvalue weighted by Gasteiger charge is -2.11. The largest absolute Gasteiger partial charge is 0.366 e. The summed E-state index contributed by atoms with van der Waals surface area (Å²) in [6.07, 6.45) is 4.94. The second-order valence-corrected chi connectivity index (χ2v) is 3.68. The van der Waals surface area contributed by atoms with Crippen LogP contribution in [-0.4, -0.2) is 17.9 Å². The zero-order valence-electron chi connectivity index (χ0n) is 9.74. The van der Waals surface area contributed by atoms with E-state index in [9.17, 15) is 18.4 Å². The lowest BCUT2D eigenvalue weighted by atomic mass is 10.1. The molecule has 1 rings (SSSR count). The third-order valence-corrected chi connectivity index (χ3v) is 2.25. The zero-order chi connectivity index (χ0) is 14.6. The molecule has 100 valence electrons. The number of benzene rings is 1. The summed E-state index contributed by atoms with van der Waals surface area (Å²) in [5.74, 6) is -1.83. The van der Waals surface area contributed by atoms with Crippen molar-refractivity contribution in [2.75, 3.05) is 5.32 Å². The van der Waals surface area contributed by atoms with Crippen molar-refractivity contribution in [3.63, 3.8) is 0 Å². The zero-order valence-corrected chi connectivity index (χ0v) is 9.74. The first-order chi connectivity index (χ1) is 8.86. The van der Waals surface area contributed by atoms with Gasteiger partial charge in [0.2, 0.25) is 5.91 Å². The highest BCUT2D eigenvalue weighted by molar-refractivity contribution is 5.98. The van der Waals surface area contributed by atoms with Crippen molar-refractivity contribution >= 4 is 17.5 Å². The number of primary amides is 1. The van der Waals surface area contributed by atoms with Gasteiger partial charge in [-0.25, -0.2) is 8.78 Å². The van der Waals surface area contributed by atoms with Gasteiger partial charge in [-0.3, -0.25) is 9.59 Å². The molecule has 0 saturated heterocycles. The first kappa shape index (κ1) is 14.6. The Hall–Kier alpha value is -2.46. The number of anilines is 1. The van der Waals surface area contributed by atoms with Crippen LogP contribution in [0.5, 0.6) is 0 Å². The van der Waals surface area contributed by atoms with Gasteiger partial charge in [0.1, 0.15) is 11.6 Å². The van der Waals surface area contributed by atoms with Crippen LogP contribution in [0.1, 0.15) is 16.8 Å². The van der Waals surface area contributed by atoms with Gasteiger partial charge in [-0.2, -0.15) is 0 Å². The van der Waals surface area contributed by atoms with Crippen LogP contribution in [0.3, 0.4) is 0 Å². The van der Waals surface area contributed by atoms with Crippen LogP contribution >= 0.6 is 0 Å². The summed E-state index contributed by atoms with van der Waals surface area (Å²) >= 11 is 0. The first-order valence-electron chi connectivity index (χ1n) is 5.15. The van der Waals surface area contributed by atoms with E-state index in [1.165, 1.54) is 0 Å². The van der Waals surface area contributed by atoms with E-state index in [0.29, 0.717) is 6.07 Å². The molecule has 5 N–H and O–H groups in total. The third-order valence-electron chi connectivity index (χ3n) is 2.25. The fraction of sp³-hybridized carbons (Fsp3) is 0.167. The van der Waals surface area contributed by atoms with Gasteiger partial charge >= 0.3 is 0 Å². The number of rotatable bonds is 4. The molecule has 7 heteroatoms. The number of carbonyl (C=O) groups is 2. The van der Waals surface area contributed by atoms with E-state index < -0.39 is 40.7 Å². The van der Waals surface area contributed by atoms with Crippen molar-refractivity contribution in [3.8, 4) is 12.3 Å². The highest BCUT2D eigenvalue weighted by Gasteiger charge is 2.18. The molecule has 0 aliphatic heterocycles. The Balaban J connectivity index is 3.02. The molecule has 0 aliphatic rings. The van der Waals surface area contributed by atoms with E-state index >= 15 is 0 Å². The van der Waals surface area contributed by atoms with E-state index in [1.54, 1.807) is 0 Å². The third kappa shape index (κ3) is 3.50. The Bertz CT molecular complexity index is 567. The van der Waals surface area contributed by atoms with Crippen molar-refractivity contribution in [2.45, 2.75) is 12.5 Å². The highest BCUT2D eigenvalue weighted by Crippen LogP contribution is 2.19. The van der Waals surface area contributed by atoms with Gasteiger partial charge in [0, 0.05) is 12.5 Å². The predicted octanol–water partition coefficient (Wildman–Crippen LogP) is 0.353. The van der Waals surface area contributed by atoms with Gasteiger partial charge in [-0.1, -0.05) is 0 Å². The van der Waals surface area contributed by atoms with Gasteiger partial charge < -0.3 is 16.8 Å². The number of hydrogen-bond donors (Lipinski definition) is 3.